The lowest BCUT2D eigenvalue weighted by atomic mass is 10.0. The normalized spacial score (nSPS) is 11.4. The molecule has 0 unspecified atom stereocenters. The number of carbonyl (C=O) groups is 1. The molecule has 0 N–H and O–H groups in total. The number of rotatable bonds is 2. The minimum atomic E-state index is -4.73. The molecule has 2 nitrogen and oxygen atoms in total. The van der Waals surface area contributed by atoms with E-state index < -0.39 is 17.6 Å². The average molecular weight is 269 g/mol. The van der Waals surface area contributed by atoms with Crippen molar-refractivity contribution in [2.24, 2.45) is 0 Å². The molecular formula is C13H7F4NO. The van der Waals surface area contributed by atoms with E-state index in [-0.39, 0.29) is 11.1 Å². The number of pyridine rings is 1. The van der Waals surface area contributed by atoms with Crippen LogP contribution in [0.15, 0.2) is 36.7 Å². The molecule has 1 aromatic heterocycles. The highest BCUT2D eigenvalue weighted by molar-refractivity contribution is 5.77. The Hall–Kier alpha value is -2.24. The number of halogens is 4. The van der Waals surface area contributed by atoms with Gasteiger partial charge >= 0.3 is 6.18 Å². The summed E-state index contributed by atoms with van der Waals surface area (Å²) in [6, 6.07) is 3.99. The van der Waals surface area contributed by atoms with Crippen molar-refractivity contribution in [2.75, 3.05) is 0 Å². The van der Waals surface area contributed by atoms with E-state index in [2.05, 4.69) is 4.98 Å². The molecule has 0 amide bonds. The Bertz CT molecular complexity index is 622. The fraction of sp³-hybridized carbons (Fsp3) is 0.0769. The predicted octanol–water partition coefficient (Wildman–Crippen LogP) is 3.72. The van der Waals surface area contributed by atoms with Crippen LogP contribution < -0.4 is 0 Å². The first-order valence-electron chi connectivity index (χ1n) is 5.19. The lowest BCUT2D eigenvalue weighted by Gasteiger charge is -2.09. The van der Waals surface area contributed by atoms with Crippen molar-refractivity contribution in [2.45, 2.75) is 6.18 Å². The van der Waals surface area contributed by atoms with E-state index in [1.807, 2.05) is 0 Å². The van der Waals surface area contributed by atoms with Crippen LogP contribution in [0.5, 0.6) is 0 Å². The summed E-state index contributed by atoms with van der Waals surface area (Å²) in [6.45, 7) is 0. The molecule has 98 valence electrons. The van der Waals surface area contributed by atoms with Gasteiger partial charge in [0.1, 0.15) is 5.82 Å². The Morgan fingerprint density at radius 2 is 1.79 bits per heavy atom. The highest BCUT2D eigenvalue weighted by atomic mass is 19.4. The number of hydrogen-bond donors (Lipinski definition) is 0. The van der Waals surface area contributed by atoms with E-state index in [1.54, 1.807) is 0 Å². The van der Waals surface area contributed by atoms with Gasteiger partial charge in [0.15, 0.2) is 6.29 Å². The van der Waals surface area contributed by atoms with E-state index in [9.17, 15) is 22.4 Å². The van der Waals surface area contributed by atoms with Gasteiger partial charge in [-0.15, -0.1) is 0 Å². The van der Waals surface area contributed by atoms with Gasteiger partial charge in [-0.25, -0.2) is 4.39 Å². The molecule has 1 heterocycles. The van der Waals surface area contributed by atoms with E-state index in [0.717, 1.165) is 12.1 Å². The van der Waals surface area contributed by atoms with Crippen LogP contribution >= 0.6 is 0 Å². The van der Waals surface area contributed by atoms with Crippen LogP contribution in [0.1, 0.15) is 15.9 Å². The Labute approximate surface area is 105 Å². The van der Waals surface area contributed by atoms with Gasteiger partial charge in [-0.3, -0.25) is 9.78 Å². The molecule has 6 heteroatoms. The van der Waals surface area contributed by atoms with Gasteiger partial charge < -0.3 is 0 Å². The second kappa shape index (κ2) is 4.79. The van der Waals surface area contributed by atoms with Crippen molar-refractivity contribution in [3.05, 3.63) is 53.6 Å². The van der Waals surface area contributed by atoms with Crippen LogP contribution in [0.25, 0.3) is 11.1 Å². The van der Waals surface area contributed by atoms with Crippen LogP contribution in [0.3, 0.4) is 0 Å². The largest absolute Gasteiger partial charge is 0.419 e. The van der Waals surface area contributed by atoms with Gasteiger partial charge in [-0.2, -0.15) is 13.2 Å². The van der Waals surface area contributed by atoms with Crippen LogP contribution in [-0.2, 0) is 6.18 Å². The van der Waals surface area contributed by atoms with Crippen LogP contribution in [0.4, 0.5) is 17.6 Å². The Kier molecular flexibility index (Phi) is 3.33. The number of hydrogen-bond acceptors (Lipinski definition) is 2. The highest BCUT2D eigenvalue weighted by Gasteiger charge is 2.33. The monoisotopic (exact) mass is 269 g/mol. The molecule has 1 aromatic carbocycles. The number of carbonyl (C=O) groups excluding carboxylic acids is 1. The zero-order chi connectivity index (χ0) is 14.0. The molecule has 0 spiro atoms. The van der Waals surface area contributed by atoms with Crippen molar-refractivity contribution in [1.29, 1.82) is 0 Å². The fourth-order valence-corrected chi connectivity index (χ4v) is 1.60. The van der Waals surface area contributed by atoms with Crippen molar-refractivity contribution < 1.29 is 22.4 Å². The Morgan fingerprint density at radius 3 is 2.37 bits per heavy atom. The van der Waals surface area contributed by atoms with E-state index >= 15 is 0 Å². The molecule has 0 bridgehead atoms. The van der Waals surface area contributed by atoms with E-state index in [4.69, 9.17) is 0 Å². The summed E-state index contributed by atoms with van der Waals surface area (Å²) >= 11 is 0. The van der Waals surface area contributed by atoms with Gasteiger partial charge in [-0.05, 0) is 23.8 Å². The van der Waals surface area contributed by atoms with Crippen molar-refractivity contribution in [1.82, 2.24) is 4.98 Å². The van der Waals surface area contributed by atoms with Gasteiger partial charge in [0.25, 0.3) is 0 Å². The number of aldehydes is 1. The van der Waals surface area contributed by atoms with Crippen LogP contribution in [-0.4, -0.2) is 11.3 Å². The first-order valence-corrected chi connectivity index (χ1v) is 5.19. The Morgan fingerprint density at radius 1 is 1.05 bits per heavy atom. The highest BCUT2D eigenvalue weighted by Crippen LogP contribution is 2.33. The van der Waals surface area contributed by atoms with Crippen LogP contribution in [0.2, 0.25) is 0 Å². The number of benzene rings is 1. The second-order valence-electron chi connectivity index (χ2n) is 3.82. The van der Waals surface area contributed by atoms with Gasteiger partial charge in [0.2, 0.25) is 0 Å². The molecule has 0 saturated carbocycles. The molecule has 2 aromatic rings. The van der Waals surface area contributed by atoms with Crippen molar-refractivity contribution in [3.63, 3.8) is 0 Å². The quantitative estimate of drug-likeness (QED) is 0.614. The lowest BCUT2D eigenvalue weighted by molar-refractivity contribution is -0.139. The minimum absolute atomic E-state index is 0.224. The maximum atomic E-state index is 13.4. The maximum absolute atomic E-state index is 13.4. The zero-order valence-corrected chi connectivity index (χ0v) is 9.41. The SMILES string of the molecule is O=Cc1cncc(-c2ccc(C(F)(F)F)c(F)c2)c1. The van der Waals surface area contributed by atoms with E-state index in [1.165, 1.54) is 18.5 Å². The number of aromatic nitrogens is 1. The summed E-state index contributed by atoms with van der Waals surface area (Å²) in [7, 11) is 0. The van der Waals surface area contributed by atoms with Gasteiger partial charge in [0, 0.05) is 23.5 Å². The molecule has 2 rings (SSSR count). The molecule has 19 heavy (non-hydrogen) atoms. The molecule has 0 saturated heterocycles. The molecule has 0 aliphatic heterocycles. The standard InChI is InChI=1S/C13H7F4NO/c14-12-4-9(1-2-11(12)13(15,16)17)10-3-8(7-19)5-18-6-10/h1-7H. The second-order valence-corrected chi connectivity index (χ2v) is 3.82. The first-order chi connectivity index (χ1) is 8.91. The third kappa shape index (κ3) is 2.78. The molecule has 0 aliphatic carbocycles. The Balaban J connectivity index is 2.47. The smallest absolute Gasteiger partial charge is 0.298 e. The summed E-state index contributed by atoms with van der Waals surface area (Å²) < 4.78 is 50.6. The number of nitrogens with zero attached hydrogens (tertiary/aromatic N) is 1. The average Bonchev–Trinajstić information content (AvgIpc) is 2.37. The topological polar surface area (TPSA) is 30.0 Å². The summed E-state index contributed by atoms with van der Waals surface area (Å²) in [5.74, 6) is -1.36. The molecular weight excluding hydrogens is 262 g/mol. The molecule has 0 radical (unpaired) electrons. The van der Waals surface area contributed by atoms with E-state index in [0.29, 0.717) is 17.9 Å². The molecule has 0 aliphatic rings. The van der Waals surface area contributed by atoms with Crippen LogP contribution in [0, 0.1) is 5.82 Å². The zero-order valence-electron chi connectivity index (χ0n) is 9.41. The van der Waals surface area contributed by atoms with Gasteiger partial charge in [-0.1, -0.05) is 6.07 Å². The third-order valence-corrected chi connectivity index (χ3v) is 2.50. The first kappa shape index (κ1) is 13.2. The summed E-state index contributed by atoms with van der Waals surface area (Å²) in [6.07, 6.45) is -1.53. The predicted molar refractivity (Wildman–Crippen MR) is 60.0 cm³/mol. The molecule has 0 fully saturated rings. The van der Waals surface area contributed by atoms with Crippen molar-refractivity contribution >= 4 is 6.29 Å². The fourth-order valence-electron chi connectivity index (χ4n) is 1.60. The number of alkyl halides is 3. The molecule has 0 atom stereocenters. The summed E-state index contributed by atoms with van der Waals surface area (Å²) in [5.41, 5.74) is -0.465. The van der Waals surface area contributed by atoms with Crippen molar-refractivity contribution in [3.8, 4) is 11.1 Å². The minimum Gasteiger partial charge on any atom is -0.298 e. The van der Waals surface area contributed by atoms with Gasteiger partial charge in [0.05, 0.1) is 5.56 Å². The summed E-state index contributed by atoms with van der Waals surface area (Å²) in [4.78, 5) is 14.3. The maximum Gasteiger partial charge on any atom is 0.419 e. The lowest BCUT2D eigenvalue weighted by Crippen LogP contribution is -2.07. The summed E-state index contributed by atoms with van der Waals surface area (Å²) in [5, 5.41) is 0. The third-order valence-electron chi connectivity index (χ3n) is 2.50.